The van der Waals surface area contributed by atoms with Gasteiger partial charge in [0.05, 0.1) is 5.69 Å². The zero-order valence-corrected chi connectivity index (χ0v) is 18.0. The number of nitrogens with one attached hydrogen (secondary N) is 1. The minimum Gasteiger partial charge on any atom is -0.341 e. The first-order chi connectivity index (χ1) is 14.5. The number of aromatic nitrogens is 3. The van der Waals surface area contributed by atoms with E-state index >= 15 is 0 Å². The lowest BCUT2D eigenvalue weighted by atomic mass is 10.1. The maximum Gasteiger partial charge on any atom is 0.255 e. The number of aromatic amines is 1. The molecule has 6 heteroatoms. The summed E-state index contributed by atoms with van der Waals surface area (Å²) in [6.45, 7) is 7.63. The van der Waals surface area contributed by atoms with E-state index < -0.39 is 0 Å². The summed E-state index contributed by atoms with van der Waals surface area (Å²) in [5.41, 5.74) is 6.79. The molecular formula is C24H29N5O. The number of H-pyrrole nitrogens is 1. The average Bonchev–Trinajstić information content (AvgIpc) is 2.94. The Morgan fingerprint density at radius 1 is 1.17 bits per heavy atom. The number of aryl methyl sites for hydroxylation is 2. The molecule has 0 saturated carbocycles. The molecule has 1 aromatic carbocycles. The first-order valence-corrected chi connectivity index (χ1v) is 10.5. The normalized spacial score (nSPS) is 14.2. The monoisotopic (exact) mass is 403 g/mol. The molecule has 6 nitrogen and oxygen atoms in total. The summed E-state index contributed by atoms with van der Waals surface area (Å²) < 4.78 is 0. The molecular weight excluding hydrogens is 374 g/mol. The predicted molar refractivity (Wildman–Crippen MR) is 120 cm³/mol. The minimum absolute atomic E-state index is 0.0124. The lowest BCUT2D eigenvalue weighted by Gasteiger charge is -2.21. The van der Waals surface area contributed by atoms with Crippen molar-refractivity contribution < 1.29 is 0 Å². The lowest BCUT2D eigenvalue weighted by Crippen LogP contribution is -2.27. The Labute approximate surface area is 177 Å². The summed E-state index contributed by atoms with van der Waals surface area (Å²) in [5, 5.41) is 0. The van der Waals surface area contributed by atoms with E-state index in [0.29, 0.717) is 12.5 Å². The van der Waals surface area contributed by atoms with Crippen molar-refractivity contribution in [1.82, 2.24) is 19.9 Å². The smallest absolute Gasteiger partial charge is 0.255 e. The molecule has 156 valence electrons. The molecule has 3 heterocycles. The second-order valence-electron chi connectivity index (χ2n) is 8.24. The van der Waals surface area contributed by atoms with E-state index in [-0.39, 0.29) is 5.56 Å². The predicted octanol–water partition coefficient (Wildman–Crippen LogP) is 3.02. The van der Waals surface area contributed by atoms with Gasteiger partial charge in [-0.05, 0) is 43.0 Å². The number of fused-ring (bicyclic) bond motifs is 1. The van der Waals surface area contributed by atoms with Gasteiger partial charge in [-0.3, -0.25) is 19.7 Å². The van der Waals surface area contributed by atoms with Crippen molar-refractivity contribution in [3.8, 4) is 0 Å². The molecule has 4 rings (SSSR count). The first-order valence-electron chi connectivity index (χ1n) is 10.5. The van der Waals surface area contributed by atoms with Crippen molar-refractivity contribution in [3.63, 3.8) is 0 Å². The Kier molecular flexibility index (Phi) is 5.95. The van der Waals surface area contributed by atoms with Crippen LogP contribution in [0.5, 0.6) is 0 Å². The van der Waals surface area contributed by atoms with E-state index in [1.165, 1.54) is 16.7 Å². The van der Waals surface area contributed by atoms with Gasteiger partial charge in [0.25, 0.3) is 5.56 Å². The zero-order valence-electron chi connectivity index (χ0n) is 18.0. The molecule has 1 N–H and O–H groups in total. The van der Waals surface area contributed by atoms with Gasteiger partial charge >= 0.3 is 0 Å². The van der Waals surface area contributed by atoms with E-state index in [1.54, 1.807) is 6.20 Å². The Balaban J connectivity index is 1.50. The second kappa shape index (κ2) is 8.79. The van der Waals surface area contributed by atoms with Crippen molar-refractivity contribution in [2.45, 2.75) is 39.8 Å². The van der Waals surface area contributed by atoms with E-state index in [0.717, 1.165) is 49.3 Å². The molecule has 30 heavy (non-hydrogen) atoms. The molecule has 0 spiro atoms. The van der Waals surface area contributed by atoms with E-state index in [2.05, 4.69) is 46.9 Å². The van der Waals surface area contributed by atoms with Gasteiger partial charge in [-0.2, -0.15) is 0 Å². The molecule has 0 atom stereocenters. The summed E-state index contributed by atoms with van der Waals surface area (Å²) in [7, 11) is 1.95. The molecule has 0 unspecified atom stereocenters. The van der Waals surface area contributed by atoms with Gasteiger partial charge in [-0.1, -0.05) is 29.8 Å². The van der Waals surface area contributed by atoms with Crippen molar-refractivity contribution >= 4 is 5.95 Å². The Morgan fingerprint density at radius 2 is 2.00 bits per heavy atom. The Morgan fingerprint density at radius 3 is 2.80 bits per heavy atom. The van der Waals surface area contributed by atoms with Crippen molar-refractivity contribution in [1.29, 1.82) is 0 Å². The van der Waals surface area contributed by atoms with Crippen molar-refractivity contribution in [2.75, 3.05) is 25.0 Å². The summed E-state index contributed by atoms with van der Waals surface area (Å²) in [6.07, 6.45) is 5.12. The van der Waals surface area contributed by atoms with Gasteiger partial charge < -0.3 is 4.90 Å². The van der Waals surface area contributed by atoms with Gasteiger partial charge in [-0.15, -0.1) is 0 Å². The molecule has 0 saturated heterocycles. The van der Waals surface area contributed by atoms with Gasteiger partial charge in [0.1, 0.15) is 0 Å². The van der Waals surface area contributed by atoms with E-state index in [1.807, 2.05) is 30.3 Å². The fourth-order valence-corrected chi connectivity index (χ4v) is 4.03. The van der Waals surface area contributed by atoms with Crippen LogP contribution in [0.3, 0.4) is 0 Å². The fourth-order valence-electron chi connectivity index (χ4n) is 4.03. The van der Waals surface area contributed by atoms with Crippen LogP contribution < -0.4 is 10.5 Å². The molecule has 3 aromatic rings. The number of benzene rings is 1. The minimum atomic E-state index is -0.0124. The van der Waals surface area contributed by atoms with Crippen LogP contribution in [0.1, 0.15) is 33.5 Å². The highest BCUT2D eigenvalue weighted by molar-refractivity contribution is 5.35. The third-order valence-corrected chi connectivity index (χ3v) is 5.83. The molecule has 0 fully saturated rings. The van der Waals surface area contributed by atoms with Crippen LogP contribution in [-0.2, 0) is 25.9 Å². The van der Waals surface area contributed by atoms with Gasteiger partial charge in [-0.25, -0.2) is 4.98 Å². The Bertz CT molecular complexity index is 1080. The number of hydrogen-bond donors (Lipinski definition) is 1. The number of hydrogen-bond acceptors (Lipinski definition) is 5. The second-order valence-corrected chi connectivity index (χ2v) is 8.24. The van der Waals surface area contributed by atoms with Crippen molar-refractivity contribution in [2.24, 2.45) is 0 Å². The highest BCUT2D eigenvalue weighted by Crippen LogP contribution is 2.18. The lowest BCUT2D eigenvalue weighted by molar-refractivity contribution is 0.278. The molecule has 0 radical (unpaired) electrons. The van der Waals surface area contributed by atoms with Crippen LogP contribution in [-0.4, -0.2) is 40.0 Å². The highest BCUT2D eigenvalue weighted by atomic mass is 16.1. The maximum absolute atomic E-state index is 12.8. The number of anilines is 1. The van der Waals surface area contributed by atoms with Crippen LogP contribution in [0.2, 0.25) is 0 Å². The summed E-state index contributed by atoms with van der Waals surface area (Å²) >= 11 is 0. The van der Waals surface area contributed by atoms with E-state index in [4.69, 9.17) is 4.98 Å². The average molecular weight is 404 g/mol. The van der Waals surface area contributed by atoms with E-state index in [9.17, 15) is 4.79 Å². The molecule has 0 aliphatic carbocycles. The van der Waals surface area contributed by atoms with Crippen molar-refractivity contribution in [3.05, 3.63) is 86.6 Å². The van der Waals surface area contributed by atoms with Crippen LogP contribution in [0.4, 0.5) is 5.95 Å². The third-order valence-electron chi connectivity index (χ3n) is 5.83. The largest absolute Gasteiger partial charge is 0.341 e. The van der Waals surface area contributed by atoms with Crippen LogP contribution in [0, 0.1) is 13.8 Å². The zero-order chi connectivity index (χ0) is 21.1. The number of rotatable bonds is 5. The third kappa shape index (κ3) is 4.60. The summed E-state index contributed by atoms with van der Waals surface area (Å²) in [6, 6.07) is 10.6. The van der Waals surface area contributed by atoms with Crippen LogP contribution >= 0.6 is 0 Å². The summed E-state index contributed by atoms with van der Waals surface area (Å²) in [4.78, 5) is 29.2. The van der Waals surface area contributed by atoms with Crippen LogP contribution in [0.15, 0.2) is 47.5 Å². The maximum atomic E-state index is 12.8. The van der Waals surface area contributed by atoms with Gasteiger partial charge in [0.2, 0.25) is 5.95 Å². The number of nitrogens with zero attached hydrogens (tertiary/aromatic N) is 4. The topological polar surface area (TPSA) is 65.1 Å². The fraction of sp³-hybridized carbons (Fsp3) is 0.375. The molecule has 0 amide bonds. The van der Waals surface area contributed by atoms with Gasteiger partial charge in [0, 0.05) is 57.6 Å². The van der Waals surface area contributed by atoms with Crippen LogP contribution in [0.25, 0.3) is 0 Å². The highest BCUT2D eigenvalue weighted by Gasteiger charge is 2.20. The standard InChI is InChI=1S/C24H29N5O/c1-17-6-7-18(2)20(13-17)16-29-11-8-21-22(9-12-29)26-24(27-23(21)30)28(3)15-19-5-4-10-25-14-19/h4-7,10,13-14H,8-9,11-12,15-16H2,1-3H3,(H,26,27,30). The Hall–Kier alpha value is -2.99. The molecule has 0 bridgehead atoms. The number of pyridine rings is 1. The molecule has 1 aliphatic heterocycles. The SMILES string of the molecule is Cc1ccc(C)c(CN2CCc3nc(N(C)Cc4cccnc4)[nH]c(=O)c3CC2)c1. The summed E-state index contributed by atoms with van der Waals surface area (Å²) in [5.74, 6) is 0.616. The van der Waals surface area contributed by atoms with Gasteiger partial charge in [0.15, 0.2) is 0 Å². The quantitative estimate of drug-likeness (QED) is 0.709. The molecule has 2 aromatic heterocycles. The molecule has 1 aliphatic rings. The first kappa shape index (κ1) is 20.3.